The number of hydrogen-bond donors (Lipinski definition) is 0. The third-order valence-electron chi connectivity index (χ3n) is 5.38. The Labute approximate surface area is 211 Å². The summed E-state index contributed by atoms with van der Waals surface area (Å²) in [5.74, 6) is -0.526. The summed E-state index contributed by atoms with van der Waals surface area (Å²) in [7, 11) is 4.10. The van der Waals surface area contributed by atoms with Crippen LogP contribution in [0.25, 0.3) is 0 Å². The molecule has 0 fully saturated rings. The molecule has 2 aromatic carbocycles. The number of nitrogens with zero attached hydrogens (tertiary/aromatic N) is 2. The lowest BCUT2D eigenvalue weighted by Gasteiger charge is -2.43. The van der Waals surface area contributed by atoms with E-state index in [1.165, 1.54) is 50.4 Å². The minimum absolute atomic E-state index is 0.0539. The number of ether oxygens (including phenoxy) is 2. The van der Waals surface area contributed by atoms with E-state index in [1.54, 1.807) is 24.3 Å². The van der Waals surface area contributed by atoms with Gasteiger partial charge in [-0.05, 0) is 36.2 Å². The second kappa shape index (κ2) is 11.7. The number of likely N-dealkylation sites (N-methyl/N-ethyl adjacent to an activating group) is 2. The molecule has 0 aliphatic heterocycles. The summed E-state index contributed by atoms with van der Waals surface area (Å²) in [6.07, 6.45) is -5.62. The Bertz CT molecular complexity index is 1080. The van der Waals surface area contributed by atoms with Crippen LogP contribution in [0.3, 0.4) is 0 Å². The van der Waals surface area contributed by atoms with Gasteiger partial charge in [0, 0.05) is 26.7 Å². The van der Waals surface area contributed by atoms with E-state index in [0.29, 0.717) is 11.3 Å². The van der Waals surface area contributed by atoms with Gasteiger partial charge < -0.3 is 14.4 Å². The van der Waals surface area contributed by atoms with Gasteiger partial charge in [0.05, 0.1) is 22.7 Å². The van der Waals surface area contributed by atoms with Crippen molar-refractivity contribution in [3.63, 3.8) is 0 Å². The van der Waals surface area contributed by atoms with E-state index < -0.39 is 30.1 Å². The van der Waals surface area contributed by atoms with Crippen LogP contribution in [-0.2, 0) is 10.3 Å². The molecule has 0 N–H and O–H groups in total. The van der Waals surface area contributed by atoms with Gasteiger partial charge in [0.15, 0.2) is 0 Å². The number of benzene rings is 2. The summed E-state index contributed by atoms with van der Waals surface area (Å²) in [4.78, 5) is 27.7. The molecule has 0 saturated carbocycles. The molecule has 0 spiro atoms. The molecular weight excluding hydrogens is 508 g/mol. The quantitative estimate of drug-likeness (QED) is 0.355. The molecule has 0 aliphatic rings. The summed E-state index contributed by atoms with van der Waals surface area (Å²) in [5, 5.41) is 0.405. The number of amides is 2. The summed E-state index contributed by atoms with van der Waals surface area (Å²) < 4.78 is 49.2. The minimum Gasteiger partial charge on any atom is -0.497 e. The molecule has 11 heteroatoms. The highest BCUT2D eigenvalue weighted by Crippen LogP contribution is 2.37. The lowest BCUT2D eigenvalue weighted by molar-refractivity contribution is -0.161. The van der Waals surface area contributed by atoms with Crippen molar-refractivity contribution in [1.29, 1.82) is 0 Å². The predicted octanol–water partition coefficient (Wildman–Crippen LogP) is 6.32. The molecule has 2 amide bonds. The first-order chi connectivity index (χ1) is 16.3. The van der Waals surface area contributed by atoms with E-state index in [4.69, 9.17) is 32.7 Å². The topological polar surface area (TPSA) is 59.1 Å². The Balaban J connectivity index is 2.52. The summed E-state index contributed by atoms with van der Waals surface area (Å²) in [6, 6.07) is 10.9. The third-order valence-corrected chi connectivity index (χ3v) is 6.12. The van der Waals surface area contributed by atoms with E-state index in [9.17, 15) is 22.8 Å². The highest BCUT2D eigenvalue weighted by molar-refractivity contribution is 6.42. The number of alkyl halides is 3. The first-order valence-corrected chi connectivity index (χ1v) is 11.1. The van der Waals surface area contributed by atoms with Gasteiger partial charge in [-0.2, -0.15) is 13.2 Å². The maximum Gasteiger partial charge on any atom is 0.415 e. The molecule has 0 saturated heterocycles. The average molecular weight is 533 g/mol. The molecule has 0 aliphatic carbocycles. The maximum atomic E-state index is 13.2. The molecule has 0 radical (unpaired) electrons. The second-order valence-electron chi connectivity index (χ2n) is 7.80. The van der Waals surface area contributed by atoms with Gasteiger partial charge in [-0.3, -0.25) is 9.69 Å². The molecule has 190 valence electrons. The smallest absolute Gasteiger partial charge is 0.415 e. The van der Waals surface area contributed by atoms with Crippen LogP contribution in [0.2, 0.25) is 10.0 Å². The van der Waals surface area contributed by atoms with Gasteiger partial charge in [-0.1, -0.05) is 41.4 Å². The zero-order chi connectivity index (χ0) is 26.4. The number of hydrogen-bond acceptors (Lipinski definition) is 4. The summed E-state index contributed by atoms with van der Waals surface area (Å²) in [6.45, 7) is 3.42. The Morgan fingerprint density at radius 2 is 1.71 bits per heavy atom. The highest BCUT2D eigenvalue weighted by Gasteiger charge is 2.43. The van der Waals surface area contributed by atoms with Crippen molar-refractivity contribution in [2.75, 3.05) is 27.7 Å². The fourth-order valence-corrected chi connectivity index (χ4v) is 3.83. The Kier molecular flexibility index (Phi) is 9.45. The number of carbonyl (C=O) groups excluding carboxylic acids is 2. The molecule has 0 aromatic heterocycles. The van der Waals surface area contributed by atoms with Crippen LogP contribution in [0.1, 0.15) is 18.4 Å². The lowest BCUT2D eigenvalue weighted by Crippen LogP contribution is -2.55. The molecule has 0 bridgehead atoms. The van der Waals surface area contributed by atoms with Crippen LogP contribution in [0.4, 0.5) is 18.0 Å². The van der Waals surface area contributed by atoms with Crippen molar-refractivity contribution in [2.45, 2.75) is 24.6 Å². The summed E-state index contributed by atoms with van der Waals surface area (Å²) >= 11 is 12.3. The van der Waals surface area contributed by atoms with E-state index in [1.807, 2.05) is 0 Å². The van der Waals surface area contributed by atoms with Crippen LogP contribution in [0.5, 0.6) is 11.5 Å². The summed E-state index contributed by atoms with van der Waals surface area (Å²) in [5.41, 5.74) is -0.967. The zero-order valence-corrected chi connectivity index (χ0v) is 20.9. The second-order valence-corrected chi connectivity index (χ2v) is 8.62. The van der Waals surface area contributed by atoms with Crippen molar-refractivity contribution in [3.8, 4) is 11.5 Å². The molecule has 0 unspecified atom stereocenters. The molecule has 2 aromatic rings. The zero-order valence-electron chi connectivity index (χ0n) is 19.4. The van der Waals surface area contributed by atoms with Crippen LogP contribution < -0.4 is 9.47 Å². The fraction of sp³-hybridized carbons (Fsp3) is 0.333. The standard InChI is InChI=1S/C24H25Cl2F3N2O4/c1-5-11-23(16-9-10-19(25)20(26)12-16,15-30(2)21(32)14-24(27,28)29)31(3)22(33)35-18-8-6-7-17(13-18)34-4/h5-10,12-13H,1,11,14-15H2,2-4H3/t23-/m1/s1. The SMILES string of the molecule is C=CC[C@@](CN(C)C(=O)CC(F)(F)F)(c1ccc(Cl)c(Cl)c1)N(C)C(=O)Oc1cccc(OC)c1. The maximum absolute atomic E-state index is 13.2. The highest BCUT2D eigenvalue weighted by atomic mass is 35.5. The molecule has 2 rings (SSSR count). The van der Waals surface area contributed by atoms with Gasteiger partial charge in [-0.25, -0.2) is 4.79 Å². The van der Waals surface area contributed by atoms with Crippen LogP contribution >= 0.6 is 23.2 Å². The van der Waals surface area contributed by atoms with Crippen LogP contribution in [0.15, 0.2) is 55.1 Å². The van der Waals surface area contributed by atoms with Crippen LogP contribution in [0, 0.1) is 0 Å². The van der Waals surface area contributed by atoms with Gasteiger partial charge in [-0.15, -0.1) is 6.58 Å². The number of rotatable bonds is 9. The first-order valence-electron chi connectivity index (χ1n) is 10.3. The number of carbonyl (C=O) groups is 2. The van der Waals surface area contributed by atoms with Crippen molar-refractivity contribution in [2.24, 2.45) is 0 Å². The molecule has 6 nitrogen and oxygen atoms in total. The molecule has 1 atom stereocenters. The van der Waals surface area contributed by atoms with Crippen molar-refractivity contribution in [3.05, 3.63) is 70.7 Å². The van der Waals surface area contributed by atoms with E-state index in [2.05, 4.69) is 6.58 Å². The van der Waals surface area contributed by atoms with Crippen molar-refractivity contribution >= 4 is 35.2 Å². The number of methoxy groups -OCH3 is 1. The first kappa shape index (κ1) is 28.3. The normalized spacial score (nSPS) is 12.9. The predicted molar refractivity (Wildman–Crippen MR) is 128 cm³/mol. The average Bonchev–Trinajstić information content (AvgIpc) is 2.78. The monoisotopic (exact) mass is 532 g/mol. The van der Waals surface area contributed by atoms with Gasteiger partial charge in [0.25, 0.3) is 0 Å². The minimum atomic E-state index is -4.69. The van der Waals surface area contributed by atoms with E-state index in [-0.39, 0.29) is 28.8 Å². The Hall–Kier alpha value is -2.91. The fourth-order valence-electron chi connectivity index (χ4n) is 3.53. The van der Waals surface area contributed by atoms with Crippen molar-refractivity contribution in [1.82, 2.24) is 9.80 Å². The van der Waals surface area contributed by atoms with Gasteiger partial charge in [0.2, 0.25) is 5.91 Å². The Morgan fingerprint density at radius 3 is 2.29 bits per heavy atom. The molecule has 35 heavy (non-hydrogen) atoms. The number of halogens is 5. The third kappa shape index (κ3) is 7.29. The van der Waals surface area contributed by atoms with Crippen LogP contribution in [-0.4, -0.2) is 55.7 Å². The van der Waals surface area contributed by atoms with E-state index in [0.717, 1.165) is 4.90 Å². The molecular formula is C24H25Cl2F3N2O4. The largest absolute Gasteiger partial charge is 0.497 e. The van der Waals surface area contributed by atoms with E-state index >= 15 is 0 Å². The van der Waals surface area contributed by atoms with Gasteiger partial charge >= 0.3 is 12.3 Å². The lowest BCUT2D eigenvalue weighted by atomic mass is 9.84. The van der Waals surface area contributed by atoms with Crippen molar-refractivity contribution < 1.29 is 32.2 Å². The Morgan fingerprint density at radius 1 is 1.06 bits per heavy atom. The molecule has 0 heterocycles. The van der Waals surface area contributed by atoms with Gasteiger partial charge in [0.1, 0.15) is 17.9 Å².